The van der Waals surface area contributed by atoms with Crippen LogP contribution in [0.3, 0.4) is 0 Å². The molecule has 1 nitrogen and oxygen atoms in total. The van der Waals surface area contributed by atoms with Gasteiger partial charge in [0.1, 0.15) is 5.75 Å². The minimum atomic E-state index is 0.981. The molecule has 0 aliphatic carbocycles. The van der Waals surface area contributed by atoms with E-state index in [1.807, 2.05) is 33.8 Å². The lowest BCUT2D eigenvalue weighted by Gasteiger charge is -2.05. The number of aryl methyl sites for hydroxylation is 2. The molecule has 0 bridgehead atoms. The number of rotatable bonds is 3. The van der Waals surface area contributed by atoms with Crippen molar-refractivity contribution in [2.75, 3.05) is 7.11 Å². The maximum Gasteiger partial charge on any atom is 0.121 e. The van der Waals surface area contributed by atoms with Crippen LogP contribution in [0.2, 0.25) is 0 Å². The first kappa shape index (κ1) is 17.4. The Morgan fingerprint density at radius 3 is 2.00 bits per heavy atom. The van der Waals surface area contributed by atoms with E-state index >= 15 is 0 Å². The minimum Gasteiger partial charge on any atom is -0.496 e. The Morgan fingerprint density at radius 2 is 1.62 bits per heavy atom. The smallest absolute Gasteiger partial charge is 0.121 e. The van der Waals surface area contributed by atoms with Gasteiger partial charge in [0.05, 0.1) is 7.11 Å². The standard InChI is InChI=1S/C11H16O.2C2H6/c1-4-5-10-6-7-11(12-3)9(2)8-10;2*1-2/h6-8H,4-5H2,1-3H3;2*1-2H3. The van der Waals surface area contributed by atoms with Gasteiger partial charge in [-0.1, -0.05) is 53.2 Å². The Morgan fingerprint density at radius 1 is 1.06 bits per heavy atom. The SMILES string of the molecule is CC.CC.CCCc1ccc(OC)c(C)c1. The van der Waals surface area contributed by atoms with Crippen LogP contribution in [-0.4, -0.2) is 7.11 Å². The lowest BCUT2D eigenvalue weighted by atomic mass is 10.1. The van der Waals surface area contributed by atoms with Crippen LogP contribution in [0.1, 0.15) is 52.2 Å². The molecule has 1 rings (SSSR count). The topological polar surface area (TPSA) is 9.23 Å². The Balaban J connectivity index is 0. The minimum absolute atomic E-state index is 0.981. The molecule has 16 heavy (non-hydrogen) atoms. The molecule has 1 aromatic rings. The van der Waals surface area contributed by atoms with Gasteiger partial charge in [-0.05, 0) is 30.5 Å². The summed E-state index contributed by atoms with van der Waals surface area (Å²) in [5.74, 6) is 0.981. The highest BCUT2D eigenvalue weighted by atomic mass is 16.5. The molecular weight excluding hydrogens is 196 g/mol. The third-order valence-corrected chi connectivity index (χ3v) is 2.00. The highest BCUT2D eigenvalue weighted by Gasteiger charge is 1.98. The molecule has 0 aliphatic heterocycles. The van der Waals surface area contributed by atoms with Crippen molar-refractivity contribution in [2.24, 2.45) is 0 Å². The van der Waals surface area contributed by atoms with Gasteiger partial charge in [-0.2, -0.15) is 0 Å². The van der Waals surface area contributed by atoms with Gasteiger partial charge in [-0.25, -0.2) is 0 Å². The first-order valence-corrected chi connectivity index (χ1v) is 6.41. The second-order valence-electron chi connectivity index (χ2n) is 3.05. The number of methoxy groups -OCH3 is 1. The molecule has 0 aliphatic rings. The van der Waals surface area contributed by atoms with Crippen LogP contribution in [0.25, 0.3) is 0 Å². The van der Waals surface area contributed by atoms with Crippen molar-refractivity contribution < 1.29 is 4.74 Å². The summed E-state index contributed by atoms with van der Waals surface area (Å²) in [5.41, 5.74) is 2.62. The maximum atomic E-state index is 5.18. The zero-order chi connectivity index (χ0) is 13.0. The van der Waals surface area contributed by atoms with Gasteiger partial charge in [0.25, 0.3) is 0 Å². The van der Waals surface area contributed by atoms with Crippen LogP contribution >= 0.6 is 0 Å². The molecule has 0 fully saturated rings. The van der Waals surface area contributed by atoms with Crippen molar-refractivity contribution >= 4 is 0 Å². The quantitative estimate of drug-likeness (QED) is 0.701. The highest BCUT2D eigenvalue weighted by molar-refractivity contribution is 5.36. The molecule has 0 heterocycles. The van der Waals surface area contributed by atoms with Gasteiger partial charge >= 0.3 is 0 Å². The third kappa shape index (κ3) is 6.49. The Bertz CT molecular complexity index is 254. The summed E-state index contributed by atoms with van der Waals surface area (Å²) < 4.78 is 5.18. The number of ether oxygens (including phenoxy) is 1. The molecule has 0 saturated carbocycles. The Hall–Kier alpha value is -0.980. The average molecular weight is 224 g/mol. The van der Waals surface area contributed by atoms with Gasteiger partial charge in [0, 0.05) is 0 Å². The maximum absolute atomic E-state index is 5.18. The van der Waals surface area contributed by atoms with E-state index in [0.29, 0.717) is 0 Å². The van der Waals surface area contributed by atoms with E-state index in [2.05, 4.69) is 26.0 Å². The summed E-state index contributed by atoms with van der Waals surface area (Å²) in [7, 11) is 1.71. The monoisotopic (exact) mass is 224 g/mol. The molecule has 1 aromatic carbocycles. The number of hydrogen-bond donors (Lipinski definition) is 0. The number of benzene rings is 1. The van der Waals surface area contributed by atoms with E-state index in [-0.39, 0.29) is 0 Å². The van der Waals surface area contributed by atoms with Gasteiger partial charge in [0.2, 0.25) is 0 Å². The predicted molar refractivity (Wildman–Crippen MR) is 74.4 cm³/mol. The molecule has 0 radical (unpaired) electrons. The fourth-order valence-electron chi connectivity index (χ4n) is 1.38. The van der Waals surface area contributed by atoms with E-state index < -0.39 is 0 Å². The summed E-state index contributed by atoms with van der Waals surface area (Å²) >= 11 is 0. The molecule has 0 spiro atoms. The lowest BCUT2D eigenvalue weighted by Crippen LogP contribution is -1.89. The molecule has 0 aromatic heterocycles. The second-order valence-corrected chi connectivity index (χ2v) is 3.05. The third-order valence-electron chi connectivity index (χ3n) is 2.00. The summed E-state index contributed by atoms with van der Waals surface area (Å²) in [6, 6.07) is 6.37. The van der Waals surface area contributed by atoms with E-state index in [1.54, 1.807) is 7.11 Å². The molecule has 94 valence electrons. The van der Waals surface area contributed by atoms with Gasteiger partial charge in [-0.15, -0.1) is 0 Å². The Labute approximate surface area is 102 Å². The molecule has 0 amide bonds. The van der Waals surface area contributed by atoms with E-state index in [1.165, 1.54) is 17.5 Å². The lowest BCUT2D eigenvalue weighted by molar-refractivity contribution is 0.411. The van der Waals surface area contributed by atoms with Gasteiger partial charge < -0.3 is 4.74 Å². The van der Waals surface area contributed by atoms with Gasteiger partial charge in [-0.3, -0.25) is 0 Å². The number of hydrogen-bond acceptors (Lipinski definition) is 1. The first-order chi connectivity index (χ1) is 7.77. The Kier molecular flexibility index (Phi) is 13.2. The van der Waals surface area contributed by atoms with Crippen molar-refractivity contribution in [1.82, 2.24) is 0 Å². The second kappa shape index (κ2) is 12.1. The van der Waals surface area contributed by atoms with Crippen LogP contribution in [0.15, 0.2) is 18.2 Å². The van der Waals surface area contributed by atoms with Crippen LogP contribution in [-0.2, 0) is 6.42 Å². The molecule has 0 unspecified atom stereocenters. The predicted octanol–water partition coefficient (Wildman–Crippen LogP) is 5.01. The van der Waals surface area contributed by atoms with E-state index in [0.717, 1.165) is 12.2 Å². The zero-order valence-electron chi connectivity index (χ0n) is 12.1. The fraction of sp³-hybridized carbons (Fsp3) is 0.600. The summed E-state index contributed by atoms with van der Waals surface area (Å²) in [6.45, 7) is 12.3. The molecule has 1 heteroatoms. The zero-order valence-corrected chi connectivity index (χ0v) is 12.1. The summed E-state index contributed by atoms with van der Waals surface area (Å²) in [4.78, 5) is 0. The molecule has 0 saturated heterocycles. The van der Waals surface area contributed by atoms with E-state index in [4.69, 9.17) is 4.74 Å². The highest BCUT2D eigenvalue weighted by Crippen LogP contribution is 2.18. The van der Waals surface area contributed by atoms with Crippen molar-refractivity contribution in [1.29, 1.82) is 0 Å². The summed E-state index contributed by atoms with van der Waals surface area (Å²) in [6.07, 6.45) is 2.36. The largest absolute Gasteiger partial charge is 0.496 e. The molecule has 0 atom stereocenters. The van der Waals surface area contributed by atoms with E-state index in [9.17, 15) is 0 Å². The van der Waals surface area contributed by atoms with Crippen LogP contribution in [0.5, 0.6) is 5.75 Å². The molecule has 0 N–H and O–H groups in total. The van der Waals surface area contributed by atoms with Crippen LogP contribution < -0.4 is 4.74 Å². The average Bonchev–Trinajstić information content (AvgIpc) is 2.35. The molecular formula is C15H28O. The van der Waals surface area contributed by atoms with Crippen molar-refractivity contribution in [2.45, 2.75) is 54.4 Å². The van der Waals surface area contributed by atoms with Crippen LogP contribution in [0, 0.1) is 6.92 Å². The van der Waals surface area contributed by atoms with Crippen LogP contribution in [0.4, 0.5) is 0 Å². The van der Waals surface area contributed by atoms with Crippen molar-refractivity contribution in [3.8, 4) is 5.75 Å². The first-order valence-electron chi connectivity index (χ1n) is 6.41. The fourth-order valence-corrected chi connectivity index (χ4v) is 1.38. The normalized spacial score (nSPS) is 8.19. The van der Waals surface area contributed by atoms with Gasteiger partial charge in [0.15, 0.2) is 0 Å². The summed E-state index contributed by atoms with van der Waals surface area (Å²) in [5, 5.41) is 0. The van der Waals surface area contributed by atoms with Crippen molar-refractivity contribution in [3.05, 3.63) is 29.3 Å². The van der Waals surface area contributed by atoms with Crippen molar-refractivity contribution in [3.63, 3.8) is 0 Å².